The minimum Gasteiger partial charge on any atom is -0.477 e. The third-order valence-corrected chi connectivity index (χ3v) is 3.68. The van der Waals surface area contributed by atoms with Crippen LogP contribution in [0.15, 0.2) is 30.3 Å². The Morgan fingerprint density at radius 3 is 2.56 bits per heavy atom. The fourth-order valence-electron chi connectivity index (χ4n) is 1.66. The molecule has 16 heavy (non-hydrogen) atoms. The van der Waals surface area contributed by atoms with Crippen molar-refractivity contribution in [3.63, 3.8) is 0 Å². The molecular weight excluding hydrogens is 220 g/mol. The van der Waals surface area contributed by atoms with E-state index in [9.17, 15) is 4.79 Å². The summed E-state index contributed by atoms with van der Waals surface area (Å²) in [5.74, 6) is -0.855. The molecule has 0 bridgehead atoms. The summed E-state index contributed by atoms with van der Waals surface area (Å²) in [4.78, 5) is 12.3. The Hall–Kier alpha value is -1.61. The zero-order valence-corrected chi connectivity index (χ0v) is 9.97. The Bertz CT molecular complexity index is 541. The van der Waals surface area contributed by atoms with Crippen LogP contribution in [0.25, 0.3) is 10.4 Å². The summed E-state index contributed by atoms with van der Waals surface area (Å²) >= 11 is 1.33. The normalized spacial score (nSPS) is 10.4. The molecule has 0 aliphatic carbocycles. The highest BCUT2D eigenvalue weighted by molar-refractivity contribution is 7.17. The van der Waals surface area contributed by atoms with E-state index in [4.69, 9.17) is 5.11 Å². The second kappa shape index (κ2) is 4.10. The topological polar surface area (TPSA) is 37.3 Å². The average molecular weight is 232 g/mol. The summed E-state index contributed by atoms with van der Waals surface area (Å²) in [7, 11) is 0. The average Bonchev–Trinajstić information content (AvgIpc) is 2.60. The van der Waals surface area contributed by atoms with Gasteiger partial charge in [-0.25, -0.2) is 4.79 Å². The van der Waals surface area contributed by atoms with E-state index in [1.807, 2.05) is 32.0 Å². The van der Waals surface area contributed by atoms with Crippen LogP contribution in [0.5, 0.6) is 0 Å². The van der Waals surface area contributed by atoms with Gasteiger partial charge in [0.15, 0.2) is 0 Å². The Morgan fingerprint density at radius 1 is 1.25 bits per heavy atom. The van der Waals surface area contributed by atoms with Crippen molar-refractivity contribution in [3.8, 4) is 10.4 Å². The molecule has 0 saturated heterocycles. The first-order chi connectivity index (χ1) is 7.58. The fourth-order valence-corrected chi connectivity index (χ4v) is 2.67. The van der Waals surface area contributed by atoms with Crippen molar-refractivity contribution >= 4 is 17.3 Å². The minimum atomic E-state index is -0.855. The minimum absolute atomic E-state index is 0.397. The first-order valence-electron chi connectivity index (χ1n) is 4.98. The van der Waals surface area contributed by atoms with Crippen LogP contribution in [0, 0.1) is 13.8 Å². The van der Waals surface area contributed by atoms with Gasteiger partial charge in [0.1, 0.15) is 4.88 Å². The molecule has 0 amide bonds. The molecule has 82 valence electrons. The molecule has 0 aliphatic heterocycles. The summed E-state index contributed by atoms with van der Waals surface area (Å²) in [6.07, 6.45) is 0. The molecule has 2 nitrogen and oxygen atoms in total. The lowest BCUT2D eigenvalue weighted by Crippen LogP contribution is -1.89. The molecule has 0 saturated carbocycles. The van der Waals surface area contributed by atoms with Gasteiger partial charge in [-0.05, 0) is 31.0 Å². The number of aryl methyl sites for hydroxylation is 2. The van der Waals surface area contributed by atoms with Crippen molar-refractivity contribution < 1.29 is 9.90 Å². The largest absolute Gasteiger partial charge is 0.477 e. The first-order valence-corrected chi connectivity index (χ1v) is 5.80. The molecule has 3 heteroatoms. The van der Waals surface area contributed by atoms with Crippen LogP contribution in [0.3, 0.4) is 0 Å². The predicted molar refractivity (Wildman–Crippen MR) is 66.2 cm³/mol. The Balaban J connectivity index is 2.52. The Labute approximate surface area is 98.2 Å². The van der Waals surface area contributed by atoms with Crippen molar-refractivity contribution in [2.75, 3.05) is 0 Å². The lowest BCUT2D eigenvalue weighted by molar-refractivity contribution is 0.0702. The predicted octanol–water partition coefficient (Wildman–Crippen LogP) is 3.73. The quantitative estimate of drug-likeness (QED) is 0.856. The van der Waals surface area contributed by atoms with Gasteiger partial charge in [-0.3, -0.25) is 0 Å². The third kappa shape index (κ3) is 1.99. The van der Waals surface area contributed by atoms with Gasteiger partial charge in [-0.1, -0.05) is 29.8 Å². The summed E-state index contributed by atoms with van der Waals surface area (Å²) in [6.45, 7) is 3.98. The lowest BCUT2D eigenvalue weighted by atomic mass is 10.1. The number of thiophene rings is 1. The molecule has 2 aromatic rings. The number of carboxylic acid groups (broad SMARTS) is 1. The third-order valence-electron chi connectivity index (χ3n) is 2.41. The summed E-state index contributed by atoms with van der Waals surface area (Å²) in [5.41, 5.74) is 3.30. The summed E-state index contributed by atoms with van der Waals surface area (Å²) in [6, 6.07) is 9.83. The van der Waals surface area contributed by atoms with Crippen LogP contribution >= 0.6 is 11.3 Å². The van der Waals surface area contributed by atoms with E-state index in [0.717, 1.165) is 16.0 Å². The van der Waals surface area contributed by atoms with Crippen LogP contribution in [-0.2, 0) is 0 Å². The lowest BCUT2D eigenvalue weighted by Gasteiger charge is -2.00. The van der Waals surface area contributed by atoms with Gasteiger partial charge in [0.25, 0.3) is 0 Å². The summed E-state index contributed by atoms with van der Waals surface area (Å²) in [5, 5.41) is 8.93. The number of carbonyl (C=O) groups is 1. The van der Waals surface area contributed by atoms with Crippen LogP contribution in [-0.4, -0.2) is 11.1 Å². The van der Waals surface area contributed by atoms with Gasteiger partial charge < -0.3 is 5.11 Å². The maximum Gasteiger partial charge on any atom is 0.345 e. The molecular formula is C13H12O2S. The van der Waals surface area contributed by atoms with Crippen LogP contribution in [0.4, 0.5) is 0 Å². The maximum absolute atomic E-state index is 10.9. The SMILES string of the molecule is Cc1cccc(-c2sc(C(=O)O)cc2C)c1. The highest BCUT2D eigenvalue weighted by Gasteiger charge is 2.12. The number of carboxylic acids is 1. The van der Waals surface area contributed by atoms with E-state index in [-0.39, 0.29) is 0 Å². The molecule has 2 rings (SSSR count). The van der Waals surface area contributed by atoms with Crippen LogP contribution < -0.4 is 0 Å². The number of aromatic carboxylic acids is 1. The molecule has 0 spiro atoms. The van der Waals surface area contributed by atoms with E-state index >= 15 is 0 Å². The van der Waals surface area contributed by atoms with Gasteiger partial charge in [0, 0.05) is 4.88 Å². The van der Waals surface area contributed by atoms with Gasteiger partial charge in [0.05, 0.1) is 0 Å². The first kappa shape index (κ1) is 10.9. The molecule has 0 atom stereocenters. The van der Waals surface area contributed by atoms with Crippen molar-refractivity contribution in [1.82, 2.24) is 0 Å². The van der Waals surface area contributed by atoms with E-state index in [1.165, 1.54) is 16.9 Å². The number of rotatable bonds is 2. The molecule has 0 unspecified atom stereocenters. The number of hydrogen-bond acceptors (Lipinski definition) is 2. The standard InChI is InChI=1S/C13H12O2S/c1-8-4-3-5-10(6-8)12-9(2)7-11(16-12)13(14)15/h3-7H,1-2H3,(H,14,15). The van der Waals surface area contributed by atoms with Crippen molar-refractivity contribution in [2.24, 2.45) is 0 Å². The van der Waals surface area contributed by atoms with E-state index in [1.54, 1.807) is 6.07 Å². The summed E-state index contributed by atoms with van der Waals surface area (Å²) < 4.78 is 0. The molecule has 0 radical (unpaired) electrons. The number of benzene rings is 1. The smallest absolute Gasteiger partial charge is 0.345 e. The highest BCUT2D eigenvalue weighted by atomic mass is 32.1. The second-order valence-electron chi connectivity index (χ2n) is 3.80. The van der Waals surface area contributed by atoms with E-state index in [0.29, 0.717) is 4.88 Å². The van der Waals surface area contributed by atoms with Gasteiger partial charge in [0.2, 0.25) is 0 Å². The fraction of sp³-hybridized carbons (Fsp3) is 0.154. The maximum atomic E-state index is 10.9. The molecule has 1 N–H and O–H groups in total. The Kier molecular flexibility index (Phi) is 2.79. The van der Waals surface area contributed by atoms with Crippen molar-refractivity contribution in [2.45, 2.75) is 13.8 Å². The van der Waals surface area contributed by atoms with Gasteiger partial charge >= 0.3 is 5.97 Å². The van der Waals surface area contributed by atoms with Crippen molar-refractivity contribution in [3.05, 3.63) is 46.3 Å². The Morgan fingerprint density at radius 2 is 2.00 bits per heavy atom. The monoisotopic (exact) mass is 232 g/mol. The van der Waals surface area contributed by atoms with E-state index < -0.39 is 5.97 Å². The molecule has 0 aliphatic rings. The molecule has 1 aromatic carbocycles. The van der Waals surface area contributed by atoms with E-state index in [2.05, 4.69) is 6.07 Å². The van der Waals surface area contributed by atoms with Crippen LogP contribution in [0.2, 0.25) is 0 Å². The molecule has 1 heterocycles. The number of hydrogen-bond donors (Lipinski definition) is 1. The zero-order chi connectivity index (χ0) is 11.7. The molecule has 1 aromatic heterocycles. The zero-order valence-electron chi connectivity index (χ0n) is 9.15. The molecule has 0 fully saturated rings. The van der Waals surface area contributed by atoms with Crippen molar-refractivity contribution in [1.29, 1.82) is 0 Å². The van der Waals surface area contributed by atoms with Crippen LogP contribution in [0.1, 0.15) is 20.8 Å². The second-order valence-corrected chi connectivity index (χ2v) is 4.85. The van der Waals surface area contributed by atoms with Gasteiger partial charge in [-0.2, -0.15) is 0 Å². The highest BCUT2D eigenvalue weighted by Crippen LogP contribution is 2.32. The van der Waals surface area contributed by atoms with Gasteiger partial charge in [-0.15, -0.1) is 11.3 Å².